The molecule has 0 aliphatic rings. The molecule has 1 aromatic carbocycles. The maximum atomic E-state index is 11.6. The van der Waals surface area contributed by atoms with E-state index in [0.29, 0.717) is 13.0 Å². The van der Waals surface area contributed by atoms with E-state index in [4.69, 9.17) is 0 Å². The molecule has 1 rings (SSSR count). The third-order valence-electron chi connectivity index (χ3n) is 2.27. The summed E-state index contributed by atoms with van der Waals surface area (Å²) < 4.78 is 0. The van der Waals surface area contributed by atoms with Crippen LogP contribution in [0.1, 0.15) is 23.7 Å². The zero-order valence-corrected chi connectivity index (χ0v) is 9.92. The third kappa shape index (κ3) is 3.58. The van der Waals surface area contributed by atoms with Gasteiger partial charge in [-0.2, -0.15) is 0 Å². The molecule has 2 N–H and O–H groups in total. The summed E-state index contributed by atoms with van der Waals surface area (Å²) in [6, 6.07) is 3.50. The van der Waals surface area contributed by atoms with Crippen LogP contribution in [0.2, 0.25) is 0 Å². The average Bonchev–Trinajstić information content (AvgIpc) is 2.33. The minimum absolute atomic E-state index is 0.193. The number of benzene rings is 1. The number of carbonyl (C=O) groups excluding carboxylic acids is 1. The van der Waals surface area contributed by atoms with Gasteiger partial charge in [-0.15, -0.1) is 0 Å². The van der Waals surface area contributed by atoms with Crippen molar-refractivity contribution in [1.82, 2.24) is 5.32 Å². The molecule has 0 bridgehead atoms. The SMILES string of the molecule is C/C=C/CCNC(=O)c1ccc([N+](=O)[O-])c(O)c1. The van der Waals surface area contributed by atoms with Crippen LogP contribution in [0, 0.1) is 10.1 Å². The van der Waals surface area contributed by atoms with Crippen LogP contribution in [0.15, 0.2) is 30.4 Å². The number of allylic oxidation sites excluding steroid dienone is 1. The highest BCUT2D eigenvalue weighted by molar-refractivity contribution is 5.95. The zero-order valence-electron chi connectivity index (χ0n) is 9.92. The van der Waals surface area contributed by atoms with E-state index in [2.05, 4.69) is 5.32 Å². The Hall–Kier alpha value is -2.37. The number of rotatable bonds is 5. The molecule has 0 aromatic heterocycles. The summed E-state index contributed by atoms with van der Waals surface area (Å²) in [6.07, 6.45) is 4.50. The van der Waals surface area contributed by atoms with Crippen molar-refractivity contribution in [2.24, 2.45) is 0 Å². The lowest BCUT2D eigenvalue weighted by Gasteiger charge is -2.04. The highest BCUT2D eigenvalue weighted by Crippen LogP contribution is 2.26. The summed E-state index contributed by atoms with van der Waals surface area (Å²) in [6.45, 7) is 2.36. The topological polar surface area (TPSA) is 92.5 Å². The number of nitro groups is 1. The number of amides is 1. The minimum Gasteiger partial charge on any atom is -0.502 e. The molecule has 0 radical (unpaired) electrons. The van der Waals surface area contributed by atoms with Gasteiger partial charge in [-0.1, -0.05) is 12.2 Å². The molecule has 18 heavy (non-hydrogen) atoms. The number of hydrogen-bond acceptors (Lipinski definition) is 4. The Kier molecular flexibility index (Phi) is 4.86. The quantitative estimate of drug-likeness (QED) is 0.362. The first-order chi connectivity index (χ1) is 8.56. The molecular weight excluding hydrogens is 236 g/mol. The number of phenols is 1. The zero-order chi connectivity index (χ0) is 13.5. The number of aromatic hydroxyl groups is 1. The van der Waals surface area contributed by atoms with Gasteiger partial charge in [0, 0.05) is 18.2 Å². The molecule has 0 aliphatic heterocycles. The minimum atomic E-state index is -0.705. The Bertz CT molecular complexity index is 483. The second-order valence-corrected chi connectivity index (χ2v) is 3.57. The van der Waals surface area contributed by atoms with E-state index in [1.165, 1.54) is 6.07 Å². The van der Waals surface area contributed by atoms with Crippen LogP contribution in [0.25, 0.3) is 0 Å². The maximum absolute atomic E-state index is 11.6. The molecule has 6 nitrogen and oxygen atoms in total. The molecule has 1 aromatic rings. The number of phenolic OH excluding ortho intramolecular Hbond substituents is 1. The largest absolute Gasteiger partial charge is 0.502 e. The fraction of sp³-hybridized carbons (Fsp3) is 0.250. The Morgan fingerprint density at radius 2 is 2.28 bits per heavy atom. The van der Waals surface area contributed by atoms with E-state index in [1.807, 2.05) is 19.1 Å². The molecule has 0 unspecified atom stereocenters. The number of hydrogen-bond donors (Lipinski definition) is 2. The number of carbonyl (C=O) groups is 1. The maximum Gasteiger partial charge on any atom is 0.310 e. The highest BCUT2D eigenvalue weighted by Gasteiger charge is 2.15. The summed E-state index contributed by atoms with van der Waals surface area (Å²) >= 11 is 0. The van der Waals surface area contributed by atoms with Gasteiger partial charge >= 0.3 is 5.69 Å². The van der Waals surface area contributed by atoms with Crippen LogP contribution in [0.5, 0.6) is 5.75 Å². The Labute approximate surface area is 104 Å². The summed E-state index contributed by atoms with van der Waals surface area (Å²) in [4.78, 5) is 21.4. The van der Waals surface area contributed by atoms with Gasteiger partial charge in [-0.25, -0.2) is 0 Å². The Balaban J connectivity index is 2.69. The van der Waals surface area contributed by atoms with Gasteiger partial charge in [0.25, 0.3) is 5.91 Å². The molecular formula is C12H14N2O4. The van der Waals surface area contributed by atoms with Gasteiger partial charge in [0.1, 0.15) is 0 Å². The summed E-state index contributed by atoms with van der Waals surface area (Å²) in [5.74, 6) is -0.884. The number of nitrogens with zero attached hydrogens (tertiary/aromatic N) is 1. The van der Waals surface area contributed by atoms with Gasteiger partial charge in [0.2, 0.25) is 0 Å². The van der Waals surface area contributed by atoms with Gasteiger partial charge < -0.3 is 10.4 Å². The summed E-state index contributed by atoms with van der Waals surface area (Å²) in [5.41, 5.74) is -0.223. The predicted octanol–water partition coefficient (Wildman–Crippen LogP) is 2.00. The van der Waals surface area contributed by atoms with Gasteiger partial charge in [0.05, 0.1) is 4.92 Å². The van der Waals surface area contributed by atoms with Crippen molar-refractivity contribution in [2.45, 2.75) is 13.3 Å². The first-order valence-electron chi connectivity index (χ1n) is 5.43. The van der Waals surface area contributed by atoms with Crippen molar-refractivity contribution in [3.05, 3.63) is 46.0 Å². The predicted molar refractivity (Wildman–Crippen MR) is 66.5 cm³/mol. The van der Waals surface area contributed by atoms with E-state index in [-0.39, 0.29) is 11.5 Å². The lowest BCUT2D eigenvalue weighted by Crippen LogP contribution is -2.24. The van der Waals surface area contributed by atoms with Gasteiger partial charge in [-0.3, -0.25) is 14.9 Å². The molecule has 0 saturated carbocycles. The summed E-state index contributed by atoms with van der Waals surface area (Å²) in [5, 5.41) is 22.5. The number of nitrogens with one attached hydrogen (secondary N) is 1. The lowest BCUT2D eigenvalue weighted by molar-refractivity contribution is -0.385. The van der Waals surface area contributed by atoms with Gasteiger partial charge in [-0.05, 0) is 25.5 Å². The average molecular weight is 250 g/mol. The smallest absolute Gasteiger partial charge is 0.310 e. The summed E-state index contributed by atoms with van der Waals surface area (Å²) in [7, 11) is 0. The van der Waals surface area contributed by atoms with Crippen molar-refractivity contribution in [3.63, 3.8) is 0 Å². The number of nitro benzene ring substituents is 1. The molecule has 0 spiro atoms. The van der Waals surface area contributed by atoms with Crippen molar-refractivity contribution < 1.29 is 14.8 Å². The second-order valence-electron chi connectivity index (χ2n) is 3.57. The Morgan fingerprint density at radius 3 is 2.83 bits per heavy atom. The van der Waals surface area contributed by atoms with E-state index < -0.39 is 16.4 Å². The van der Waals surface area contributed by atoms with Crippen molar-refractivity contribution in [2.75, 3.05) is 6.54 Å². The monoisotopic (exact) mass is 250 g/mol. The molecule has 1 amide bonds. The Morgan fingerprint density at radius 1 is 1.56 bits per heavy atom. The fourth-order valence-electron chi connectivity index (χ4n) is 1.36. The first-order valence-corrected chi connectivity index (χ1v) is 5.43. The van der Waals surface area contributed by atoms with E-state index in [9.17, 15) is 20.0 Å². The van der Waals surface area contributed by atoms with Crippen LogP contribution in [0.4, 0.5) is 5.69 Å². The molecule has 0 saturated heterocycles. The van der Waals surface area contributed by atoms with Gasteiger partial charge in [0.15, 0.2) is 5.75 Å². The molecule has 6 heteroatoms. The van der Waals surface area contributed by atoms with E-state index in [0.717, 1.165) is 12.1 Å². The van der Waals surface area contributed by atoms with E-state index in [1.54, 1.807) is 0 Å². The van der Waals surface area contributed by atoms with Crippen LogP contribution < -0.4 is 5.32 Å². The van der Waals surface area contributed by atoms with Crippen molar-refractivity contribution >= 4 is 11.6 Å². The molecule has 0 aliphatic carbocycles. The molecule has 0 atom stereocenters. The van der Waals surface area contributed by atoms with Crippen molar-refractivity contribution in [3.8, 4) is 5.75 Å². The molecule has 96 valence electrons. The van der Waals surface area contributed by atoms with Crippen molar-refractivity contribution in [1.29, 1.82) is 0 Å². The second kappa shape index (κ2) is 6.39. The standard InChI is InChI=1S/C12H14N2O4/c1-2-3-4-7-13-12(16)9-5-6-10(14(17)18)11(15)8-9/h2-3,5-6,8,15H,4,7H2,1H3,(H,13,16)/b3-2+. The van der Waals surface area contributed by atoms with Crippen LogP contribution in [-0.2, 0) is 0 Å². The third-order valence-corrected chi connectivity index (χ3v) is 2.27. The van der Waals surface area contributed by atoms with E-state index >= 15 is 0 Å². The molecule has 0 heterocycles. The normalized spacial score (nSPS) is 10.5. The van der Waals surface area contributed by atoms with Crippen LogP contribution >= 0.6 is 0 Å². The fourth-order valence-corrected chi connectivity index (χ4v) is 1.36. The van der Waals surface area contributed by atoms with Crippen LogP contribution in [0.3, 0.4) is 0 Å². The molecule has 0 fully saturated rings. The first kappa shape index (κ1) is 13.7. The van der Waals surface area contributed by atoms with Crippen LogP contribution in [-0.4, -0.2) is 22.5 Å². The highest BCUT2D eigenvalue weighted by atomic mass is 16.6. The lowest BCUT2D eigenvalue weighted by atomic mass is 10.1.